The zero-order chi connectivity index (χ0) is 8.55. The lowest BCUT2D eigenvalue weighted by atomic mass is 10.2. The van der Waals surface area contributed by atoms with Gasteiger partial charge in [0.25, 0.3) is 0 Å². The summed E-state index contributed by atoms with van der Waals surface area (Å²) in [6.45, 7) is 4.23. The van der Waals surface area contributed by atoms with Crippen LogP contribution >= 0.6 is 0 Å². The summed E-state index contributed by atoms with van der Waals surface area (Å²) in [6.07, 6.45) is 5.08. The van der Waals surface area contributed by atoms with Gasteiger partial charge < -0.3 is 0 Å². The lowest BCUT2D eigenvalue weighted by molar-refractivity contribution is 0.751. The zero-order valence-electron chi connectivity index (χ0n) is 7.10. The number of imidazole rings is 1. The molecule has 0 unspecified atom stereocenters. The zero-order valence-corrected chi connectivity index (χ0v) is 7.10. The van der Waals surface area contributed by atoms with Gasteiger partial charge in [-0.05, 0) is 5.92 Å². The molecule has 0 aliphatic rings. The molecule has 0 aromatic carbocycles. The first-order valence-electron chi connectivity index (χ1n) is 3.92. The fourth-order valence-electron chi connectivity index (χ4n) is 1.16. The molecule has 0 saturated heterocycles. The van der Waals surface area contributed by atoms with Crippen molar-refractivity contribution < 1.29 is 0 Å². The monoisotopic (exact) mass is 162 g/mol. The van der Waals surface area contributed by atoms with E-state index >= 15 is 0 Å². The van der Waals surface area contributed by atoms with Crippen LogP contribution in [0.4, 0.5) is 0 Å². The van der Waals surface area contributed by atoms with Gasteiger partial charge in [0.2, 0.25) is 0 Å². The Bertz CT molecular complexity index is 391. The van der Waals surface area contributed by atoms with Crippen LogP contribution in [0.1, 0.15) is 25.5 Å². The van der Waals surface area contributed by atoms with Gasteiger partial charge in [-0.1, -0.05) is 13.8 Å². The number of nitrogens with zero attached hydrogens (tertiary/aromatic N) is 4. The van der Waals surface area contributed by atoms with E-state index < -0.39 is 0 Å². The molecular weight excluding hydrogens is 152 g/mol. The summed E-state index contributed by atoms with van der Waals surface area (Å²) >= 11 is 0. The van der Waals surface area contributed by atoms with Crippen LogP contribution in [0, 0.1) is 0 Å². The fourth-order valence-corrected chi connectivity index (χ4v) is 1.16. The quantitative estimate of drug-likeness (QED) is 0.633. The Balaban J connectivity index is 2.70. The minimum absolute atomic E-state index is 0.440. The third kappa shape index (κ3) is 0.958. The second kappa shape index (κ2) is 2.55. The van der Waals surface area contributed by atoms with E-state index in [-0.39, 0.29) is 0 Å². The molecule has 4 heteroatoms. The second-order valence-corrected chi connectivity index (χ2v) is 3.02. The first-order valence-corrected chi connectivity index (χ1v) is 3.92. The van der Waals surface area contributed by atoms with Crippen LogP contribution in [0.15, 0.2) is 18.7 Å². The predicted octanol–water partition coefficient (Wildman–Crippen LogP) is 1.25. The van der Waals surface area contributed by atoms with Crippen LogP contribution in [0.3, 0.4) is 0 Å². The van der Waals surface area contributed by atoms with E-state index in [9.17, 15) is 0 Å². The predicted molar refractivity (Wildman–Crippen MR) is 44.9 cm³/mol. The Morgan fingerprint density at radius 2 is 2.17 bits per heavy atom. The fraction of sp³-hybridized carbons (Fsp3) is 0.375. The average Bonchev–Trinajstić information content (AvgIpc) is 2.47. The van der Waals surface area contributed by atoms with E-state index in [2.05, 4.69) is 28.9 Å². The number of hydrogen-bond acceptors (Lipinski definition) is 3. The first-order chi connectivity index (χ1) is 5.79. The molecule has 0 N–H and O–H groups in total. The van der Waals surface area contributed by atoms with Crippen molar-refractivity contribution in [2.45, 2.75) is 19.8 Å². The van der Waals surface area contributed by atoms with Gasteiger partial charge in [0, 0.05) is 0 Å². The van der Waals surface area contributed by atoms with Crippen LogP contribution in [-0.4, -0.2) is 19.6 Å². The van der Waals surface area contributed by atoms with Crippen molar-refractivity contribution in [2.75, 3.05) is 0 Å². The van der Waals surface area contributed by atoms with Gasteiger partial charge in [-0.3, -0.25) is 0 Å². The average molecular weight is 162 g/mol. The largest absolute Gasteiger partial charge is 0.239 e. The molecule has 4 nitrogen and oxygen atoms in total. The van der Waals surface area contributed by atoms with Gasteiger partial charge in [0.15, 0.2) is 5.65 Å². The third-order valence-electron chi connectivity index (χ3n) is 1.81. The lowest BCUT2D eigenvalue weighted by Crippen LogP contribution is -1.98. The molecule has 0 saturated carbocycles. The molecule has 0 aliphatic heterocycles. The summed E-state index contributed by atoms with van der Waals surface area (Å²) in [5, 5.41) is 4.11. The van der Waals surface area contributed by atoms with Gasteiger partial charge in [-0.2, -0.15) is 5.10 Å². The Morgan fingerprint density at radius 3 is 2.92 bits per heavy atom. The molecule has 62 valence electrons. The summed E-state index contributed by atoms with van der Waals surface area (Å²) < 4.78 is 1.82. The lowest BCUT2D eigenvalue weighted by Gasteiger charge is -2.01. The highest BCUT2D eigenvalue weighted by Gasteiger charge is 2.06. The Hall–Kier alpha value is -1.45. The molecule has 0 aliphatic carbocycles. The molecule has 2 heterocycles. The van der Waals surface area contributed by atoms with Crippen LogP contribution in [0.2, 0.25) is 0 Å². The molecule has 0 radical (unpaired) electrons. The highest BCUT2D eigenvalue weighted by Crippen LogP contribution is 2.13. The summed E-state index contributed by atoms with van der Waals surface area (Å²) in [5.74, 6) is 0.440. The normalized spacial score (nSPS) is 11.2. The maximum Gasteiger partial charge on any atom is 0.172 e. The molecular formula is C8H10N4. The van der Waals surface area contributed by atoms with Crippen LogP contribution in [0.25, 0.3) is 5.65 Å². The summed E-state index contributed by atoms with van der Waals surface area (Å²) in [5.41, 5.74) is 1.92. The Labute approximate surface area is 70.3 Å². The highest BCUT2D eigenvalue weighted by molar-refractivity contribution is 5.35. The Morgan fingerprint density at radius 1 is 1.33 bits per heavy atom. The summed E-state index contributed by atoms with van der Waals surface area (Å²) in [6, 6.07) is 0. The van der Waals surface area contributed by atoms with Crippen molar-refractivity contribution in [2.24, 2.45) is 0 Å². The summed E-state index contributed by atoms with van der Waals surface area (Å²) in [7, 11) is 0. The van der Waals surface area contributed by atoms with E-state index in [0.717, 1.165) is 11.3 Å². The maximum absolute atomic E-state index is 4.18. The molecule has 12 heavy (non-hydrogen) atoms. The molecule has 2 aromatic heterocycles. The minimum Gasteiger partial charge on any atom is -0.239 e. The van der Waals surface area contributed by atoms with E-state index in [1.807, 2.05) is 10.7 Å². The topological polar surface area (TPSA) is 43.1 Å². The number of hydrogen-bond donors (Lipinski definition) is 0. The van der Waals surface area contributed by atoms with E-state index in [1.54, 1.807) is 6.20 Å². The van der Waals surface area contributed by atoms with E-state index in [0.29, 0.717) is 5.92 Å². The van der Waals surface area contributed by atoms with Gasteiger partial charge in [-0.25, -0.2) is 14.5 Å². The number of aromatic nitrogens is 4. The third-order valence-corrected chi connectivity index (χ3v) is 1.81. The van der Waals surface area contributed by atoms with Crippen molar-refractivity contribution in [1.29, 1.82) is 0 Å². The maximum atomic E-state index is 4.18. The molecule has 0 fully saturated rings. The molecule has 0 bridgehead atoms. The van der Waals surface area contributed by atoms with E-state index in [1.165, 1.54) is 6.33 Å². The minimum atomic E-state index is 0.440. The van der Waals surface area contributed by atoms with Crippen molar-refractivity contribution in [1.82, 2.24) is 19.6 Å². The molecule has 0 amide bonds. The van der Waals surface area contributed by atoms with Crippen molar-refractivity contribution >= 4 is 5.65 Å². The van der Waals surface area contributed by atoms with Gasteiger partial charge in [0.1, 0.15) is 6.33 Å². The van der Waals surface area contributed by atoms with Gasteiger partial charge in [-0.15, -0.1) is 0 Å². The van der Waals surface area contributed by atoms with Gasteiger partial charge >= 0.3 is 0 Å². The standard InChI is InChI=1S/C8H10N4/c1-6(2)7-3-10-8-4-9-5-11-12(7)8/h3-6H,1-2H3. The first kappa shape index (κ1) is 7.21. The van der Waals surface area contributed by atoms with Crippen molar-refractivity contribution in [3.63, 3.8) is 0 Å². The Kier molecular flexibility index (Phi) is 1.53. The smallest absolute Gasteiger partial charge is 0.172 e. The molecule has 2 rings (SSSR count). The van der Waals surface area contributed by atoms with Gasteiger partial charge in [0.05, 0.1) is 18.1 Å². The van der Waals surface area contributed by atoms with Crippen LogP contribution < -0.4 is 0 Å². The van der Waals surface area contributed by atoms with Crippen molar-refractivity contribution in [3.8, 4) is 0 Å². The van der Waals surface area contributed by atoms with Crippen LogP contribution in [-0.2, 0) is 0 Å². The SMILES string of the molecule is CC(C)c1cnc2cncnn12. The molecule has 0 spiro atoms. The second-order valence-electron chi connectivity index (χ2n) is 3.02. The highest BCUT2D eigenvalue weighted by atomic mass is 15.3. The van der Waals surface area contributed by atoms with Crippen LogP contribution in [0.5, 0.6) is 0 Å². The van der Waals surface area contributed by atoms with E-state index in [4.69, 9.17) is 0 Å². The number of rotatable bonds is 1. The molecule has 0 atom stereocenters. The van der Waals surface area contributed by atoms with Crippen molar-refractivity contribution in [3.05, 3.63) is 24.4 Å². The number of fused-ring (bicyclic) bond motifs is 1. The summed E-state index contributed by atoms with van der Waals surface area (Å²) in [4.78, 5) is 8.07. The molecule has 2 aromatic rings.